The van der Waals surface area contributed by atoms with Crippen LogP contribution in [0.3, 0.4) is 0 Å². The summed E-state index contributed by atoms with van der Waals surface area (Å²) in [5, 5.41) is 0.493. The van der Waals surface area contributed by atoms with Gasteiger partial charge in [0.2, 0.25) is 0 Å². The fourth-order valence-corrected chi connectivity index (χ4v) is 2.68. The third-order valence-corrected chi connectivity index (χ3v) is 4.10. The maximum atomic E-state index is 11.5. The lowest BCUT2D eigenvalue weighted by Crippen LogP contribution is -2.32. The van der Waals surface area contributed by atoms with Gasteiger partial charge in [0.05, 0.1) is 6.61 Å². The van der Waals surface area contributed by atoms with Gasteiger partial charge in [-0.05, 0) is 31.1 Å². The molecule has 21 heavy (non-hydrogen) atoms. The second-order valence-corrected chi connectivity index (χ2v) is 5.39. The van der Waals surface area contributed by atoms with Crippen LogP contribution in [-0.4, -0.2) is 29.6 Å². The van der Waals surface area contributed by atoms with Gasteiger partial charge in [-0.3, -0.25) is 14.4 Å². The average Bonchev–Trinajstić information content (AvgIpc) is 2.97. The summed E-state index contributed by atoms with van der Waals surface area (Å²) >= 11 is 0. The van der Waals surface area contributed by atoms with Crippen LogP contribution in [0.5, 0.6) is 0 Å². The van der Waals surface area contributed by atoms with E-state index in [1.54, 1.807) is 0 Å². The summed E-state index contributed by atoms with van der Waals surface area (Å²) in [4.78, 5) is 38.7. The predicted octanol–water partition coefficient (Wildman–Crippen LogP) is 1.89. The first-order valence-electron chi connectivity index (χ1n) is 7.14. The van der Waals surface area contributed by atoms with Crippen molar-refractivity contribution in [1.82, 2.24) is 5.06 Å². The molecule has 0 N–H and O–H groups in total. The molecule has 1 aliphatic carbocycles. The molecule has 2 aliphatic rings. The average molecular weight is 293 g/mol. The molecular formula is C15H19NO5. The summed E-state index contributed by atoms with van der Waals surface area (Å²) in [5.41, 5.74) is 0. The van der Waals surface area contributed by atoms with Gasteiger partial charge in [0.1, 0.15) is 0 Å². The smallest absolute Gasteiger partial charge is 0.432 e. The van der Waals surface area contributed by atoms with Gasteiger partial charge in [0.15, 0.2) is 0 Å². The highest BCUT2D eigenvalue weighted by Crippen LogP contribution is 2.48. The number of imide groups is 1. The molecule has 0 aromatic carbocycles. The van der Waals surface area contributed by atoms with Crippen LogP contribution in [0.4, 0.5) is 4.79 Å². The van der Waals surface area contributed by atoms with Crippen LogP contribution in [-0.2, 0) is 19.2 Å². The minimum Gasteiger partial charge on any atom is -0.432 e. The van der Waals surface area contributed by atoms with Gasteiger partial charge in [0, 0.05) is 19.3 Å². The molecule has 0 bridgehead atoms. The fourth-order valence-electron chi connectivity index (χ4n) is 2.68. The first-order chi connectivity index (χ1) is 10.0. The summed E-state index contributed by atoms with van der Waals surface area (Å²) < 4.78 is 4.99. The van der Waals surface area contributed by atoms with E-state index in [0.29, 0.717) is 22.8 Å². The highest BCUT2D eigenvalue weighted by molar-refractivity contribution is 6.01. The van der Waals surface area contributed by atoms with E-state index in [4.69, 9.17) is 4.74 Å². The number of rotatable bonds is 5. The minimum atomic E-state index is -0.996. The zero-order chi connectivity index (χ0) is 15.4. The number of hydrogen-bond donors (Lipinski definition) is 0. The fraction of sp³-hybridized carbons (Fsp3) is 0.667. The number of carbonyl (C=O) groups is 3. The molecule has 6 nitrogen and oxygen atoms in total. The summed E-state index contributed by atoms with van der Waals surface area (Å²) in [7, 11) is 0. The summed E-state index contributed by atoms with van der Waals surface area (Å²) in [6, 6.07) is 0. The second-order valence-electron chi connectivity index (χ2n) is 5.39. The van der Waals surface area contributed by atoms with Crippen molar-refractivity contribution in [2.24, 2.45) is 17.8 Å². The predicted molar refractivity (Wildman–Crippen MR) is 72.3 cm³/mol. The van der Waals surface area contributed by atoms with Crippen LogP contribution in [0, 0.1) is 29.6 Å². The highest BCUT2D eigenvalue weighted by Gasteiger charge is 2.46. The number of ether oxygens (including phenoxy) is 1. The Morgan fingerprint density at radius 2 is 1.95 bits per heavy atom. The number of nitrogens with zero attached hydrogens (tertiary/aromatic N) is 1. The Bertz CT molecular complexity index is 488. The molecule has 0 radical (unpaired) electrons. The molecule has 2 fully saturated rings. The van der Waals surface area contributed by atoms with Gasteiger partial charge in [-0.1, -0.05) is 12.0 Å². The van der Waals surface area contributed by atoms with E-state index < -0.39 is 18.0 Å². The van der Waals surface area contributed by atoms with Crippen molar-refractivity contribution in [3.05, 3.63) is 0 Å². The van der Waals surface area contributed by atoms with Crippen molar-refractivity contribution < 1.29 is 24.0 Å². The Kier molecular flexibility index (Phi) is 4.84. The molecule has 2 rings (SSSR count). The van der Waals surface area contributed by atoms with Gasteiger partial charge in [0.25, 0.3) is 11.8 Å². The Morgan fingerprint density at radius 1 is 1.29 bits per heavy atom. The molecule has 0 aromatic rings. The Labute approximate surface area is 123 Å². The third-order valence-electron chi connectivity index (χ3n) is 4.10. The van der Waals surface area contributed by atoms with E-state index in [1.165, 1.54) is 0 Å². The number of hydrogen-bond acceptors (Lipinski definition) is 5. The Balaban J connectivity index is 1.69. The summed E-state index contributed by atoms with van der Waals surface area (Å²) in [6.07, 6.45) is 1.00. The van der Waals surface area contributed by atoms with Crippen molar-refractivity contribution in [2.45, 2.75) is 39.5 Å². The monoisotopic (exact) mass is 293 g/mol. The molecule has 0 unspecified atom stereocenters. The van der Waals surface area contributed by atoms with Crippen LogP contribution in [0.1, 0.15) is 39.5 Å². The van der Waals surface area contributed by atoms with Crippen LogP contribution in [0.15, 0.2) is 0 Å². The maximum absolute atomic E-state index is 11.5. The van der Waals surface area contributed by atoms with Crippen molar-refractivity contribution in [3.63, 3.8) is 0 Å². The SMILES string of the molecule is CC#CCC[C@H]1[C@@H](C)[C@H]1COC(=O)ON1C(=O)CCC1=O. The first kappa shape index (κ1) is 15.4. The lowest BCUT2D eigenvalue weighted by Gasteiger charge is -2.12. The van der Waals surface area contributed by atoms with E-state index in [0.717, 1.165) is 12.8 Å². The summed E-state index contributed by atoms with van der Waals surface area (Å²) in [5.74, 6) is 6.17. The van der Waals surface area contributed by atoms with E-state index in [1.807, 2.05) is 6.92 Å². The Hall–Kier alpha value is -2.03. The van der Waals surface area contributed by atoms with Gasteiger partial charge < -0.3 is 4.74 Å². The lowest BCUT2D eigenvalue weighted by molar-refractivity contribution is -0.177. The number of carbonyl (C=O) groups excluding carboxylic acids is 3. The van der Waals surface area contributed by atoms with Crippen LogP contribution in [0.25, 0.3) is 0 Å². The third kappa shape index (κ3) is 3.75. The van der Waals surface area contributed by atoms with Gasteiger partial charge >= 0.3 is 6.16 Å². The van der Waals surface area contributed by atoms with Crippen molar-refractivity contribution >= 4 is 18.0 Å². The van der Waals surface area contributed by atoms with Gasteiger partial charge in [-0.25, -0.2) is 4.79 Å². The summed E-state index contributed by atoms with van der Waals surface area (Å²) in [6.45, 7) is 4.17. The zero-order valence-corrected chi connectivity index (χ0v) is 12.3. The standard InChI is InChI=1S/C15H19NO5/c1-3-4-5-6-11-10(2)12(11)9-20-15(19)21-16-13(17)7-8-14(16)18/h10-12H,5-9H2,1-2H3/t10-,11+,12-/m1/s1. The molecular weight excluding hydrogens is 274 g/mol. The van der Waals surface area contributed by atoms with Gasteiger partial charge in [-0.2, -0.15) is 0 Å². The van der Waals surface area contributed by atoms with Crippen molar-refractivity contribution in [2.75, 3.05) is 6.61 Å². The lowest BCUT2D eigenvalue weighted by atomic mass is 10.2. The van der Waals surface area contributed by atoms with Gasteiger partial charge in [-0.15, -0.1) is 11.8 Å². The molecule has 1 heterocycles. The molecule has 6 heteroatoms. The molecule has 0 spiro atoms. The molecule has 1 saturated carbocycles. The molecule has 3 atom stereocenters. The Morgan fingerprint density at radius 3 is 2.57 bits per heavy atom. The topological polar surface area (TPSA) is 72.9 Å². The highest BCUT2D eigenvalue weighted by atomic mass is 16.8. The molecule has 114 valence electrons. The van der Waals surface area contributed by atoms with Crippen LogP contribution >= 0.6 is 0 Å². The minimum absolute atomic E-state index is 0.0757. The van der Waals surface area contributed by atoms with Crippen LogP contribution in [0.2, 0.25) is 0 Å². The quantitative estimate of drug-likeness (QED) is 0.439. The van der Waals surface area contributed by atoms with E-state index in [9.17, 15) is 14.4 Å². The number of hydroxylamine groups is 2. The van der Waals surface area contributed by atoms with E-state index in [-0.39, 0.29) is 19.4 Å². The molecule has 0 aromatic heterocycles. The largest absolute Gasteiger partial charge is 0.533 e. The first-order valence-corrected chi connectivity index (χ1v) is 7.14. The number of amides is 2. The van der Waals surface area contributed by atoms with E-state index in [2.05, 4.69) is 23.6 Å². The molecule has 2 amide bonds. The normalized spacial score (nSPS) is 27.1. The zero-order valence-electron chi connectivity index (χ0n) is 12.3. The van der Waals surface area contributed by atoms with E-state index >= 15 is 0 Å². The van der Waals surface area contributed by atoms with Crippen molar-refractivity contribution in [1.29, 1.82) is 0 Å². The van der Waals surface area contributed by atoms with Crippen molar-refractivity contribution in [3.8, 4) is 11.8 Å². The molecule has 1 saturated heterocycles. The molecule has 1 aliphatic heterocycles. The van der Waals surface area contributed by atoms with Crippen LogP contribution < -0.4 is 0 Å². The maximum Gasteiger partial charge on any atom is 0.533 e. The second kappa shape index (κ2) is 6.61.